The number of nitrogens with one attached hydrogen (secondary N) is 1. The Balaban J connectivity index is 0.00000364. The Morgan fingerprint density at radius 2 is 1.67 bits per heavy atom. The Labute approximate surface area is 186 Å². The van der Waals surface area contributed by atoms with Gasteiger partial charge in [0.25, 0.3) is 0 Å². The third-order valence-corrected chi connectivity index (χ3v) is 5.79. The van der Waals surface area contributed by atoms with Crippen LogP contribution < -0.4 is 5.32 Å². The molecule has 0 aromatic rings. The molecule has 0 aromatic heterocycles. The van der Waals surface area contributed by atoms with E-state index in [9.17, 15) is 4.79 Å². The Bertz CT molecular complexity index is 436. The van der Waals surface area contributed by atoms with Gasteiger partial charge in [0.05, 0.1) is 6.54 Å². The van der Waals surface area contributed by atoms with Crippen LogP contribution in [0.15, 0.2) is 4.99 Å². The molecule has 0 spiro atoms. The molecule has 6 nitrogen and oxygen atoms in total. The van der Waals surface area contributed by atoms with Crippen molar-refractivity contribution >= 4 is 47.6 Å². The van der Waals surface area contributed by atoms with E-state index in [1.54, 1.807) is 0 Å². The van der Waals surface area contributed by atoms with E-state index in [0.29, 0.717) is 12.5 Å². The Kier molecular flexibility index (Phi) is 13.5. The maximum atomic E-state index is 12.6. The molecule has 2 saturated heterocycles. The van der Waals surface area contributed by atoms with Crippen LogP contribution in [0.25, 0.3) is 0 Å². The molecule has 8 heteroatoms. The number of carbonyl (C=O) groups is 1. The van der Waals surface area contributed by atoms with E-state index in [1.807, 2.05) is 11.8 Å². The summed E-state index contributed by atoms with van der Waals surface area (Å²) in [4.78, 5) is 24.1. The average molecular weight is 512 g/mol. The lowest BCUT2D eigenvalue weighted by atomic mass is 10.2. The molecule has 158 valence electrons. The van der Waals surface area contributed by atoms with Gasteiger partial charge >= 0.3 is 0 Å². The van der Waals surface area contributed by atoms with E-state index in [1.165, 1.54) is 25.7 Å². The minimum atomic E-state index is 0. The highest BCUT2D eigenvalue weighted by Crippen LogP contribution is 2.11. The second-order valence-corrected chi connectivity index (χ2v) is 8.13. The molecule has 2 rings (SSSR count). The Morgan fingerprint density at radius 1 is 1.00 bits per heavy atom. The van der Waals surface area contributed by atoms with Crippen molar-refractivity contribution in [3.63, 3.8) is 0 Å². The first-order valence-electron chi connectivity index (χ1n) is 10.3. The number of hydrogen-bond donors (Lipinski definition) is 1. The normalized spacial score (nSPS) is 19.4. The predicted octanol–water partition coefficient (Wildman–Crippen LogP) is 2.34. The fraction of sp³-hybridized carbons (Fsp3) is 0.895. The molecule has 0 aliphatic carbocycles. The first-order chi connectivity index (χ1) is 12.7. The van der Waals surface area contributed by atoms with Crippen molar-refractivity contribution in [2.24, 2.45) is 4.99 Å². The van der Waals surface area contributed by atoms with Crippen molar-refractivity contribution in [2.75, 3.05) is 70.9 Å². The van der Waals surface area contributed by atoms with Gasteiger partial charge in [-0.3, -0.25) is 14.7 Å². The van der Waals surface area contributed by atoms with E-state index in [2.05, 4.69) is 33.2 Å². The highest BCUT2D eigenvalue weighted by Gasteiger charge is 2.23. The standard InChI is InChI=1S/C19H37N5OS.HI/c1-3-20-19(21-9-8-16-26-2)24-14-12-22(13-15-24)17-18(25)23-10-6-4-5-7-11-23;/h3-17H2,1-2H3,(H,20,21);1H. The predicted molar refractivity (Wildman–Crippen MR) is 127 cm³/mol. The van der Waals surface area contributed by atoms with E-state index in [0.717, 1.165) is 70.5 Å². The summed E-state index contributed by atoms with van der Waals surface area (Å²) in [5, 5.41) is 3.42. The Hall–Kier alpha value is -0.220. The topological polar surface area (TPSA) is 51.2 Å². The largest absolute Gasteiger partial charge is 0.357 e. The van der Waals surface area contributed by atoms with Gasteiger partial charge in [-0.2, -0.15) is 11.8 Å². The van der Waals surface area contributed by atoms with E-state index in [-0.39, 0.29) is 24.0 Å². The van der Waals surface area contributed by atoms with Gasteiger partial charge in [-0.1, -0.05) is 12.8 Å². The first-order valence-corrected chi connectivity index (χ1v) is 11.7. The molecule has 2 aliphatic rings. The van der Waals surface area contributed by atoms with E-state index in [4.69, 9.17) is 4.99 Å². The highest BCUT2D eigenvalue weighted by molar-refractivity contribution is 14.0. The van der Waals surface area contributed by atoms with Gasteiger partial charge < -0.3 is 15.1 Å². The molecule has 2 heterocycles. The summed E-state index contributed by atoms with van der Waals surface area (Å²) < 4.78 is 0. The second-order valence-electron chi connectivity index (χ2n) is 7.14. The van der Waals surface area contributed by atoms with Crippen LogP contribution in [0, 0.1) is 0 Å². The van der Waals surface area contributed by atoms with Crippen LogP contribution in [-0.4, -0.2) is 97.5 Å². The molecule has 0 unspecified atom stereocenters. The average Bonchev–Trinajstić information content (AvgIpc) is 2.94. The quantitative estimate of drug-likeness (QED) is 0.246. The third kappa shape index (κ3) is 9.21. The minimum Gasteiger partial charge on any atom is -0.357 e. The van der Waals surface area contributed by atoms with Gasteiger partial charge in [0.15, 0.2) is 5.96 Å². The van der Waals surface area contributed by atoms with Crippen molar-refractivity contribution in [3.05, 3.63) is 0 Å². The third-order valence-electron chi connectivity index (χ3n) is 5.09. The maximum absolute atomic E-state index is 12.6. The summed E-state index contributed by atoms with van der Waals surface area (Å²) in [6, 6.07) is 0. The molecule has 0 saturated carbocycles. The van der Waals surface area contributed by atoms with Gasteiger partial charge in [-0.05, 0) is 38.2 Å². The molecular weight excluding hydrogens is 473 g/mol. The fourth-order valence-electron chi connectivity index (χ4n) is 3.55. The van der Waals surface area contributed by atoms with E-state index >= 15 is 0 Å². The van der Waals surface area contributed by atoms with Crippen LogP contribution >= 0.6 is 35.7 Å². The second kappa shape index (κ2) is 14.7. The summed E-state index contributed by atoms with van der Waals surface area (Å²) in [6.07, 6.45) is 8.14. The molecule has 0 aromatic carbocycles. The molecule has 1 amide bonds. The first kappa shape index (κ1) is 24.8. The molecular formula is C19H38IN5OS. The van der Waals surface area contributed by atoms with Crippen molar-refractivity contribution in [3.8, 4) is 0 Å². The summed E-state index contributed by atoms with van der Waals surface area (Å²) in [5.41, 5.74) is 0. The summed E-state index contributed by atoms with van der Waals surface area (Å²) >= 11 is 1.88. The van der Waals surface area contributed by atoms with Crippen LogP contribution in [0.5, 0.6) is 0 Å². The van der Waals surface area contributed by atoms with E-state index < -0.39 is 0 Å². The SMILES string of the molecule is CCNC(=NCCCSC)N1CCN(CC(=O)N2CCCCCC2)CC1.I. The highest BCUT2D eigenvalue weighted by atomic mass is 127. The molecule has 2 aliphatic heterocycles. The molecule has 0 radical (unpaired) electrons. The van der Waals surface area contributed by atoms with Crippen LogP contribution in [0.3, 0.4) is 0 Å². The zero-order chi connectivity index (χ0) is 18.6. The smallest absolute Gasteiger partial charge is 0.236 e. The van der Waals surface area contributed by atoms with Crippen LogP contribution in [0.4, 0.5) is 0 Å². The molecule has 27 heavy (non-hydrogen) atoms. The number of nitrogens with zero attached hydrogens (tertiary/aromatic N) is 4. The van der Waals surface area contributed by atoms with Gasteiger partial charge in [-0.15, -0.1) is 24.0 Å². The van der Waals surface area contributed by atoms with Crippen molar-refractivity contribution in [2.45, 2.75) is 39.0 Å². The number of hydrogen-bond acceptors (Lipinski definition) is 4. The van der Waals surface area contributed by atoms with Crippen molar-refractivity contribution in [1.82, 2.24) is 20.0 Å². The number of amides is 1. The van der Waals surface area contributed by atoms with Gasteiger partial charge in [-0.25, -0.2) is 0 Å². The zero-order valence-electron chi connectivity index (χ0n) is 17.1. The zero-order valence-corrected chi connectivity index (χ0v) is 20.3. The number of carbonyl (C=O) groups excluding carboxylic acids is 1. The van der Waals surface area contributed by atoms with Crippen LogP contribution in [0.1, 0.15) is 39.0 Å². The van der Waals surface area contributed by atoms with Crippen LogP contribution in [-0.2, 0) is 4.79 Å². The molecule has 1 N–H and O–H groups in total. The monoisotopic (exact) mass is 511 g/mol. The molecule has 2 fully saturated rings. The molecule has 0 atom stereocenters. The Morgan fingerprint density at radius 3 is 2.26 bits per heavy atom. The van der Waals surface area contributed by atoms with Gasteiger partial charge in [0.1, 0.15) is 0 Å². The lowest BCUT2D eigenvalue weighted by Crippen LogP contribution is -2.54. The number of rotatable bonds is 7. The fourth-order valence-corrected chi connectivity index (χ4v) is 3.97. The van der Waals surface area contributed by atoms with Gasteiger partial charge in [0.2, 0.25) is 5.91 Å². The van der Waals surface area contributed by atoms with Crippen LogP contribution in [0.2, 0.25) is 0 Å². The number of piperazine rings is 1. The number of likely N-dealkylation sites (tertiary alicyclic amines) is 1. The summed E-state index contributed by atoms with van der Waals surface area (Å²) in [5.74, 6) is 2.51. The summed E-state index contributed by atoms with van der Waals surface area (Å²) in [6.45, 7) is 10.2. The van der Waals surface area contributed by atoms with Crippen molar-refractivity contribution < 1.29 is 4.79 Å². The molecule has 0 bridgehead atoms. The number of thioether (sulfide) groups is 1. The lowest BCUT2D eigenvalue weighted by Gasteiger charge is -2.37. The van der Waals surface area contributed by atoms with Crippen molar-refractivity contribution in [1.29, 1.82) is 0 Å². The number of guanidine groups is 1. The minimum absolute atomic E-state index is 0. The number of halogens is 1. The van der Waals surface area contributed by atoms with Gasteiger partial charge in [0, 0.05) is 52.4 Å². The maximum Gasteiger partial charge on any atom is 0.236 e. The lowest BCUT2D eigenvalue weighted by molar-refractivity contribution is -0.132. The summed E-state index contributed by atoms with van der Waals surface area (Å²) in [7, 11) is 0. The number of aliphatic imine (C=N–C) groups is 1.